The largest absolute Gasteiger partial charge is 0.442 e. The van der Waals surface area contributed by atoms with Crippen molar-refractivity contribution in [3.63, 3.8) is 0 Å². The summed E-state index contributed by atoms with van der Waals surface area (Å²) in [6.45, 7) is 3.83. The highest BCUT2D eigenvalue weighted by Gasteiger charge is 2.51. The lowest BCUT2D eigenvalue weighted by atomic mass is 9.67. The highest BCUT2D eigenvalue weighted by Crippen LogP contribution is 2.61. The van der Waals surface area contributed by atoms with Crippen molar-refractivity contribution in [3.8, 4) is 0 Å². The zero-order chi connectivity index (χ0) is 20.3. The van der Waals surface area contributed by atoms with Crippen LogP contribution >= 0.6 is 0 Å². The number of rotatable bonds is 4. The molecule has 0 saturated heterocycles. The highest BCUT2D eigenvalue weighted by atomic mass is 16.3. The van der Waals surface area contributed by atoms with Gasteiger partial charge in [0.05, 0.1) is 5.56 Å². The molecule has 2 aromatic rings. The van der Waals surface area contributed by atoms with Crippen molar-refractivity contribution in [2.75, 3.05) is 0 Å². The summed E-state index contributed by atoms with van der Waals surface area (Å²) in [7, 11) is 1.64. The van der Waals surface area contributed by atoms with Crippen molar-refractivity contribution in [2.24, 2.45) is 30.2 Å². The Bertz CT molecular complexity index is 1020. The second-order valence-electron chi connectivity index (χ2n) is 10.1. The van der Waals surface area contributed by atoms with Gasteiger partial charge >= 0.3 is 0 Å². The van der Waals surface area contributed by atoms with Crippen LogP contribution in [0.1, 0.15) is 74.4 Å². The Morgan fingerprint density at radius 3 is 2.97 bits per heavy atom. The highest BCUT2D eigenvalue weighted by molar-refractivity contribution is 6.06. The number of nitrogens with one attached hydrogen (secondary N) is 1. The summed E-state index contributed by atoms with van der Waals surface area (Å²) in [5.41, 5.74) is 0.724. The van der Waals surface area contributed by atoms with E-state index >= 15 is 0 Å². The van der Waals surface area contributed by atoms with Crippen molar-refractivity contribution in [1.29, 1.82) is 0 Å². The number of fused-ring (bicyclic) bond motifs is 3. The van der Waals surface area contributed by atoms with Gasteiger partial charge in [0.2, 0.25) is 5.71 Å². The molecule has 3 aliphatic carbocycles. The van der Waals surface area contributed by atoms with E-state index in [1.807, 2.05) is 0 Å². The minimum atomic E-state index is -0.248. The standard InChI is InChI=1S/C23H31N3O3/c1-13(8-23-9-15-5-4-6-16(10-23)17(7-15)11-23)25-20(27)18-14(2)29-21-19(18)22(28)26(3)12-24-21/h12-13,15-17H,4-11H2,1-3H3,(H,25,27). The lowest BCUT2D eigenvalue weighted by molar-refractivity contribution is 0.0892. The van der Waals surface area contributed by atoms with Gasteiger partial charge in [0.15, 0.2) is 0 Å². The molecule has 6 nitrogen and oxygen atoms in total. The molecule has 3 fully saturated rings. The molecule has 0 spiro atoms. The van der Waals surface area contributed by atoms with Crippen molar-refractivity contribution in [3.05, 3.63) is 28.0 Å². The summed E-state index contributed by atoms with van der Waals surface area (Å²) in [4.78, 5) is 29.8. The van der Waals surface area contributed by atoms with Crippen molar-refractivity contribution < 1.29 is 9.21 Å². The van der Waals surface area contributed by atoms with Gasteiger partial charge in [-0.1, -0.05) is 19.3 Å². The topological polar surface area (TPSA) is 77.1 Å². The van der Waals surface area contributed by atoms with Crippen LogP contribution in [0, 0.1) is 30.1 Å². The fraction of sp³-hybridized carbons (Fsp3) is 0.696. The molecule has 2 heterocycles. The summed E-state index contributed by atoms with van der Waals surface area (Å²) in [5, 5.41) is 3.46. The maximum Gasteiger partial charge on any atom is 0.265 e. The molecule has 5 rings (SSSR count). The molecular weight excluding hydrogens is 366 g/mol. The molecule has 5 atom stereocenters. The quantitative estimate of drug-likeness (QED) is 0.847. The second-order valence-corrected chi connectivity index (χ2v) is 10.1. The Balaban J connectivity index is 1.36. The third-order valence-corrected chi connectivity index (χ3v) is 7.89. The first-order valence-corrected chi connectivity index (χ1v) is 11.1. The predicted octanol–water partition coefficient (Wildman–Crippen LogP) is 3.95. The number of hydrogen-bond acceptors (Lipinski definition) is 4. The van der Waals surface area contributed by atoms with E-state index in [0.29, 0.717) is 16.7 Å². The summed E-state index contributed by atoms with van der Waals surface area (Å²) >= 11 is 0. The number of carbonyl (C=O) groups excluding carboxylic acids is 1. The number of carbonyl (C=O) groups is 1. The predicted molar refractivity (Wildman–Crippen MR) is 111 cm³/mol. The summed E-state index contributed by atoms with van der Waals surface area (Å²) < 4.78 is 6.99. The van der Waals surface area contributed by atoms with Crippen LogP contribution in [0.15, 0.2) is 15.5 Å². The summed E-state index contributed by atoms with van der Waals surface area (Å²) in [6, 6.07) is 0.0740. The van der Waals surface area contributed by atoms with Crippen molar-refractivity contribution in [2.45, 2.75) is 71.3 Å². The van der Waals surface area contributed by atoms with E-state index in [0.717, 1.165) is 24.2 Å². The molecule has 5 unspecified atom stereocenters. The fourth-order valence-electron chi connectivity index (χ4n) is 7.03. The first kappa shape index (κ1) is 18.9. The van der Waals surface area contributed by atoms with Crippen LogP contribution in [-0.4, -0.2) is 21.5 Å². The monoisotopic (exact) mass is 397 g/mol. The molecular formula is C23H31N3O3. The molecule has 29 heavy (non-hydrogen) atoms. The fourth-order valence-corrected chi connectivity index (χ4v) is 7.03. The van der Waals surface area contributed by atoms with Crippen molar-refractivity contribution >= 4 is 17.0 Å². The third kappa shape index (κ3) is 3.11. The number of furan rings is 1. The van der Waals surface area contributed by atoms with Crippen LogP contribution in [0.5, 0.6) is 0 Å². The van der Waals surface area contributed by atoms with Gasteiger partial charge in [0, 0.05) is 13.1 Å². The van der Waals surface area contributed by atoms with Crippen LogP contribution in [0.3, 0.4) is 0 Å². The molecule has 2 aromatic heterocycles. The van der Waals surface area contributed by atoms with Crippen LogP contribution in [0.25, 0.3) is 11.1 Å². The maximum absolute atomic E-state index is 13.1. The normalized spacial score (nSPS) is 31.8. The Morgan fingerprint density at radius 1 is 1.34 bits per heavy atom. The smallest absolute Gasteiger partial charge is 0.265 e. The van der Waals surface area contributed by atoms with Gasteiger partial charge in [-0.25, -0.2) is 4.98 Å². The lowest BCUT2D eigenvalue weighted by Gasteiger charge is -2.40. The van der Waals surface area contributed by atoms with Crippen LogP contribution in [0.4, 0.5) is 0 Å². The van der Waals surface area contributed by atoms with E-state index in [9.17, 15) is 9.59 Å². The minimum Gasteiger partial charge on any atom is -0.442 e. The van der Waals surface area contributed by atoms with Gasteiger partial charge in [-0.15, -0.1) is 0 Å². The number of nitrogens with zero attached hydrogens (tertiary/aromatic N) is 2. The Morgan fingerprint density at radius 2 is 2.14 bits per heavy atom. The molecule has 6 heteroatoms. The number of aryl methyl sites for hydroxylation is 2. The van der Waals surface area contributed by atoms with Gasteiger partial charge in [-0.2, -0.15) is 0 Å². The van der Waals surface area contributed by atoms with E-state index in [1.165, 1.54) is 55.8 Å². The third-order valence-electron chi connectivity index (χ3n) is 7.89. The number of amides is 1. The van der Waals surface area contributed by atoms with E-state index in [2.05, 4.69) is 17.2 Å². The van der Waals surface area contributed by atoms with Gasteiger partial charge in [-0.3, -0.25) is 9.59 Å². The molecule has 3 bridgehead atoms. The Labute approximate surface area is 171 Å². The van der Waals surface area contributed by atoms with Crippen LogP contribution in [0.2, 0.25) is 0 Å². The molecule has 0 radical (unpaired) electrons. The van der Waals surface area contributed by atoms with Crippen LogP contribution in [-0.2, 0) is 7.05 Å². The summed E-state index contributed by atoms with van der Waals surface area (Å²) in [5.74, 6) is 2.93. The second kappa shape index (κ2) is 6.71. The molecule has 156 valence electrons. The number of aromatic nitrogens is 2. The zero-order valence-corrected chi connectivity index (χ0v) is 17.7. The first-order valence-electron chi connectivity index (χ1n) is 11.1. The molecule has 1 amide bonds. The zero-order valence-electron chi connectivity index (χ0n) is 17.7. The minimum absolute atomic E-state index is 0.0740. The van der Waals surface area contributed by atoms with E-state index in [1.54, 1.807) is 14.0 Å². The maximum atomic E-state index is 13.1. The van der Waals surface area contributed by atoms with Crippen LogP contribution < -0.4 is 10.9 Å². The molecule has 1 N–H and O–H groups in total. The molecule has 3 saturated carbocycles. The lowest BCUT2D eigenvalue weighted by Crippen LogP contribution is -2.39. The first-order chi connectivity index (χ1) is 13.8. The molecule has 3 aliphatic rings. The van der Waals surface area contributed by atoms with Gasteiger partial charge in [-0.05, 0) is 69.1 Å². The van der Waals surface area contributed by atoms with E-state index in [-0.39, 0.29) is 28.6 Å². The molecule has 0 aromatic carbocycles. The van der Waals surface area contributed by atoms with Gasteiger partial charge in [0.1, 0.15) is 17.5 Å². The van der Waals surface area contributed by atoms with Gasteiger partial charge < -0.3 is 14.3 Å². The SMILES string of the molecule is Cc1oc2ncn(C)c(=O)c2c1C(=O)NC(C)CC12CC3CCCC(C1)C(C3)C2. The van der Waals surface area contributed by atoms with Gasteiger partial charge in [0.25, 0.3) is 11.5 Å². The Hall–Kier alpha value is -2.11. The Kier molecular flexibility index (Phi) is 4.37. The average Bonchev–Trinajstić information content (AvgIpc) is 3.06. The van der Waals surface area contributed by atoms with E-state index in [4.69, 9.17) is 4.42 Å². The molecule has 0 aliphatic heterocycles. The number of hydrogen-bond donors (Lipinski definition) is 1. The van der Waals surface area contributed by atoms with Crippen molar-refractivity contribution in [1.82, 2.24) is 14.9 Å². The van der Waals surface area contributed by atoms with E-state index < -0.39 is 0 Å². The average molecular weight is 398 g/mol. The summed E-state index contributed by atoms with van der Waals surface area (Å²) in [6.07, 6.45) is 12.1.